The lowest BCUT2D eigenvalue weighted by Crippen LogP contribution is -2.41. The Hall–Kier alpha value is -2.63. The van der Waals surface area contributed by atoms with E-state index in [-0.39, 0.29) is 17.9 Å². The summed E-state index contributed by atoms with van der Waals surface area (Å²) in [5.41, 5.74) is 2.17. The molecule has 2 amide bonds. The van der Waals surface area contributed by atoms with E-state index < -0.39 is 0 Å². The zero-order valence-corrected chi connectivity index (χ0v) is 14.5. The topological polar surface area (TPSA) is 58.4 Å². The Balaban J connectivity index is 1.88. The number of aromatic nitrogens is 2. The summed E-state index contributed by atoms with van der Waals surface area (Å²) in [5, 5.41) is 0. The molecule has 0 N–H and O–H groups in total. The van der Waals surface area contributed by atoms with Gasteiger partial charge >= 0.3 is 0 Å². The molecule has 0 fully saturated rings. The van der Waals surface area contributed by atoms with Crippen molar-refractivity contribution in [3.63, 3.8) is 0 Å². The molecule has 24 heavy (non-hydrogen) atoms. The number of benzene rings is 1. The summed E-state index contributed by atoms with van der Waals surface area (Å²) in [6, 6.07) is 7.44. The van der Waals surface area contributed by atoms with E-state index in [4.69, 9.17) is 0 Å². The zero-order chi connectivity index (χ0) is 17.4. The van der Waals surface area contributed by atoms with Crippen LogP contribution in [0.4, 0.5) is 0 Å². The van der Waals surface area contributed by atoms with E-state index in [9.17, 15) is 9.59 Å². The third kappa shape index (κ3) is 2.79. The third-order valence-electron chi connectivity index (χ3n) is 4.38. The minimum atomic E-state index is -0.171. The maximum atomic E-state index is 12.8. The van der Waals surface area contributed by atoms with Gasteiger partial charge in [0.1, 0.15) is 11.5 Å². The lowest BCUT2D eigenvalue weighted by Gasteiger charge is -2.33. The number of fused-ring (bicyclic) bond motifs is 1. The predicted octanol–water partition coefficient (Wildman–Crippen LogP) is 2.11. The monoisotopic (exact) mass is 326 g/mol. The van der Waals surface area contributed by atoms with Gasteiger partial charge in [0, 0.05) is 38.9 Å². The number of amides is 2. The van der Waals surface area contributed by atoms with Crippen LogP contribution >= 0.6 is 0 Å². The van der Waals surface area contributed by atoms with Gasteiger partial charge in [-0.3, -0.25) is 9.59 Å². The minimum Gasteiger partial charge on any atom is -0.343 e. The smallest absolute Gasteiger partial charge is 0.273 e. The molecule has 1 unspecified atom stereocenters. The summed E-state index contributed by atoms with van der Waals surface area (Å²) < 4.78 is 1.97. The summed E-state index contributed by atoms with van der Waals surface area (Å²) in [5.74, 6) is 0.633. The molecule has 0 bridgehead atoms. The average Bonchev–Trinajstić information content (AvgIpc) is 2.99. The van der Waals surface area contributed by atoms with Crippen LogP contribution in [0.5, 0.6) is 0 Å². The highest BCUT2D eigenvalue weighted by Crippen LogP contribution is 2.26. The second-order valence-electron chi connectivity index (χ2n) is 6.42. The normalized spacial score (nSPS) is 16.7. The Labute approximate surface area is 141 Å². The molecule has 0 saturated carbocycles. The first-order valence-corrected chi connectivity index (χ1v) is 8.05. The quantitative estimate of drug-likeness (QED) is 0.849. The summed E-state index contributed by atoms with van der Waals surface area (Å²) in [4.78, 5) is 32.8. The average molecular weight is 326 g/mol. The molecule has 1 aliphatic heterocycles. The van der Waals surface area contributed by atoms with Crippen molar-refractivity contribution in [3.8, 4) is 0 Å². The first kappa shape index (κ1) is 16.2. The maximum Gasteiger partial charge on any atom is 0.273 e. The van der Waals surface area contributed by atoms with E-state index in [1.165, 1.54) is 4.90 Å². The van der Waals surface area contributed by atoms with E-state index >= 15 is 0 Å². The molecule has 6 nitrogen and oxygen atoms in total. The van der Waals surface area contributed by atoms with Gasteiger partial charge in [-0.15, -0.1) is 0 Å². The van der Waals surface area contributed by atoms with Gasteiger partial charge in [0.05, 0.1) is 6.04 Å². The maximum absolute atomic E-state index is 12.8. The third-order valence-corrected chi connectivity index (χ3v) is 4.38. The van der Waals surface area contributed by atoms with Crippen LogP contribution in [-0.4, -0.2) is 51.8 Å². The first-order chi connectivity index (χ1) is 11.4. The molecule has 0 aliphatic carbocycles. The zero-order valence-electron chi connectivity index (χ0n) is 14.5. The van der Waals surface area contributed by atoms with Crippen molar-refractivity contribution >= 4 is 11.8 Å². The van der Waals surface area contributed by atoms with E-state index in [0.29, 0.717) is 24.3 Å². The van der Waals surface area contributed by atoms with Gasteiger partial charge in [0.15, 0.2) is 0 Å². The number of aryl methyl sites for hydroxylation is 1. The second-order valence-corrected chi connectivity index (χ2v) is 6.42. The van der Waals surface area contributed by atoms with Crippen molar-refractivity contribution in [2.24, 2.45) is 0 Å². The Morgan fingerprint density at radius 3 is 2.67 bits per heavy atom. The number of hydrogen-bond donors (Lipinski definition) is 0. The van der Waals surface area contributed by atoms with E-state index in [1.54, 1.807) is 20.3 Å². The van der Waals surface area contributed by atoms with Crippen molar-refractivity contribution < 1.29 is 9.59 Å². The molecule has 0 saturated heterocycles. The van der Waals surface area contributed by atoms with Crippen LogP contribution in [0, 0.1) is 6.92 Å². The van der Waals surface area contributed by atoms with Gasteiger partial charge in [-0.1, -0.05) is 17.7 Å². The van der Waals surface area contributed by atoms with Gasteiger partial charge in [-0.2, -0.15) is 0 Å². The minimum absolute atomic E-state index is 0.000867. The van der Waals surface area contributed by atoms with Gasteiger partial charge < -0.3 is 14.4 Å². The lowest BCUT2D eigenvalue weighted by atomic mass is 10.1. The first-order valence-electron chi connectivity index (χ1n) is 8.05. The number of hydrogen-bond acceptors (Lipinski definition) is 3. The molecule has 1 aliphatic rings. The van der Waals surface area contributed by atoms with Crippen molar-refractivity contribution in [1.29, 1.82) is 0 Å². The van der Waals surface area contributed by atoms with Crippen LogP contribution in [0.2, 0.25) is 0 Å². The number of carbonyl (C=O) groups excluding carboxylic acids is 2. The summed E-state index contributed by atoms with van der Waals surface area (Å²) in [6.07, 6.45) is 1.78. The molecule has 6 heteroatoms. The molecule has 2 aromatic rings. The fraction of sp³-hybridized carbons (Fsp3) is 0.389. The largest absolute Gasteiger partial charge is 0.343 e. The Morgan fingerprint density at radius 2 is 2.00 bits per heavy atom. The molecule has 126 valence electrons. The Bertz CT molecular complexity index is 794. The molecular weight excluding hydrogens is 304 g/mol. The van der Waals surface area contributed by atoms with Crippen molar-refractivity contribution in [3.05, 3.63) is 53.1 Å². The molecule has 1 aromatic heterocycles. The van der Waals surface area contributed by atoms with Gasteiger partial charge in [0.25, 0.3) is 11.8 Å². The highest BCUT2D eigenvalue weighted by Gasteiger charge is 2.31. The van der Waals surface area contributed by atoms with Gasteiger partial charge in [-0.05, 0) is 26.0 Å². The second kappa shape index (κ2) is 6.11. The summed E-state index contributed by atoms with van der Waals surface area (Å²) in [6.45, 7) is 5.18. The fourth-order valence-corrected chi connectivity index (χ4v) is 3.04. The van der Waals surface area contributed by atoms with E-state index in [1.807, 2.05) is 47.6 Å². The molecular formula is C18H22N4O2. The Kier molecular flexibility index (Phi) is 4.13. The number of imidazole rings is 1. The molecule has 0 spiro atoms. The molecule has 1 aromatic carbocycles. The lowest BCUT2D eigenvalue weighted by molar-refractivity contribution is 0.0637. The van der Waals surface area contributed by atoms with Crippen molar-refractivity contribution in [1.82, 2.24) is 19.4 Å². The molecule has 2 heterocycles. The van der Waals surface area contributed by atoms with Crippen molar-refractivity contribution in [2.75, 3.05) is 20.6 Å². The van der Waals surface area contributed by atoms with Crippen LogP contribution in [0.1, 0.15) is 45.2 Å². The van der Waals surface area contributed by atoms with E-state index in [2.05, 4.69) is 4.98 Å². The van der Waals surface area contributed by atoms with Crippen molar-refractivity contribution in [2.45, 2.75) is 26.4 Å². The number of carbonyl (C=O) groups is 2. The standard InChI is InChI=1S/C18H22N4O2/c1-12-6-5-7-14(10-12)17(23)22-9-8-21-11-15(18(24)20(3)4)19-16(21)13(22)2/h5-7,10-11,13H,8-9H2,1-4H3. The summed E-state index contributed by atoms with van der Waals surface area (Å²) >= 11 is 0. The molecule has 1 atom stereocenters. The van der Waals surface area contributed by atoms with Gasteiger partial charge in [-0.25, -0.2) is 4.98 Å². The highest BCUT2D eigenvalue weighted by atomic mass is 16.2. The highest BCUT2D eigenvalue weighted by molar-refractivity contribution is 5.95. The Morgan fingerprint density at radius 1 is 1.25 bits per heavy atom. The van der Waals surface area contributed by atoms with Crippen LogP contribution in [0.3, 0.4) is 0 Å². The van der Waals surface area contributed by atoms with Crippen LogP contribution in [0.25, 0.3) is 0 Å². The van der Waals surface area contributed by atoms with Crippen LogP contribution in [-0.2, 0) is 6.54 Å². The van der Waals surface area contributed by atoms with Crippen LogP contribution < -0.4 is 0 Å². The van der Waals surface area contributed by atoms with Crippen LogP contribution in [0.15, 0.2) is 30.5 Å². The molecule has 3 rings (SSSR count). The molecule has 0 radical (unpaired) electrons. The van der Waals surface area contributed by atoms with E-state index in [0.717, 1.165) is 11.4 Å². The number of rotatable bonds is 2. The predicted molar refractivity (Wildman–Crippen MR) is 90.9 cm³/mol. The van der Waals surface area contributed by atoms with Gasteiger partial charge in [0.2, 0.25) is 0 Å². The summed E-state index contributed by atoms with van der Waals surface area (Å²) in [7, 11) is 3.41. The number of nitrogens with zero attached hydrogens (tertiary/aromatic N) is 4. The SMILES string of the molecule is Cc1cccc(C(=O)N2CCn3cc(C(=O)N(C)C)nc3C2C)c1. The fourth-order valence-electron chi connectivity index (χ4n) is 3.04.